The molecule has 0 radical (unpaired) electrons. The Hall–Kier alpha value is -2.50. The molecular formula is C14H14N4O6S. The van der Waals surface area contributed by atoms with Crippen LogP contribution in [0.1, 0.15) is 24.8 Å². The van der Waals surface area contributed by atoms with Gasteiger partial charge in [0.1, 0.15) is 6.04 Å². The van der Waals surface area contributed by atoms with Gasteiger partial charge < -0.3 is 9.32 Å². The van der Waals surface area contributed by atoms with Crippen LogP contribution >= 0.6 is 0 Å². The molecule has 0 spiro atoms. The molecule has 2 aliphatic rings. The Kier molecular flexibility index (Phi) is 3.71. The van der Waals surface area contributed by atoms with E-state index in [2.05, 4.69) is 14.5 Å². The average molecular weight is 366 g/mol. The SMILES string of the molecule is O=C1N2C[C@@H](CCC2c2nnc(-c3ccccc3)o2)N1OS(=O)(=O)O. The molecule has 2 aromatic rings. The molecule has 1 aromatic carbocycles. The van der Waals surface area contributed by atoms with Crippen LogP contribution in [-0.4, -0.2) is 51.7 Å². The third kappa shape index (κ3) is 2.97. The molecule has 0 saturated carbocycles. The highest BCUT2D eigenvalue weighted by Crippen LogP contribution is 2.38. The maximum Gasteiger partial charge on any atom is 0.418 e. The fraction of sp³-hybridized carbons (Fsp3) is 0.357. The van der Waals surface area contributed by atoms with Gasteiger partial charge in [-0.25, -0.2) is 4.79 Å². The second kappa shape index (κ2) is 5.79. The van der Waals surface area contributed by atoms with Crippen molar-refractivity contribution in [2.24, 2.45) is 0 Å². The molecule has 25 heavy (non-hydrogen) atoms. The van der Waals surface area contributed by atoms with Gasteiger partial charge in [-0.3, -0.25) is 4.55 Å². The highest BCUT2D eigenvalue weighted by molar-refractivity contribution is 7.80. The van der Waals surface area contributed by atoms with E-state index in [1.54, 1.807) is 0 Å². The summed E-state index contributed by atoms with van der Waals surface area (Å²) in [4.78, 5) is 13.8. The summed E-state index contributed by atoms with van der Waals surface area (Å²) in [6.45, 7) is 0.252. The van der Waals surface area contributed by atoms with Gasteiger partial charge in [0.25, 0.3) is 0 Å². The van der Waals surface area contributed by atoms with E-state index in [0.717, 1.165) is 5.56 Å². The van der Waals surface area contributed by atoms with Crippen LogP contribution in [0.4, 0.5) is 4.79 Å². The van der Waals surface area contributed by atoms with Gasteiger partial charge in [-0.15, -0.1) is 14.5 Å². The highest BCUT2D eigenvalue weighted by Gasteiger charge is 2.49. The number of aromatic nitrogens is 2. The van der Waals surface area contributed by atoms with Crippen molar-refractivity contribution in [2.75, 3.05) is 6.54 Å². The maximum absolute atomic E-state index is 12.4. The quantitative estimate of drug-likeness (QED) is 0.805. The van der Waals surface area contributed by atoms with E-state index >= 15 is 0 Å². The predicted octanol–water partition coefficient (Wildman–Crippen LogP) is 1.41. The zero-order chi connectivity index (χ0) is 17.6. The fourth-order valence-electron chi connectivity index (χ4n) is 3.15. The van der Waals surface area contributed by atoms with E-state index in [0.29, 0.717) is 23.8 Å². The third-order valence-corrected chi connectivity index (χ3v) is 4.59. The summed E-state index contributed by atoms with van der Waals surface area (Å²) in [6.07, 6.45) is 0.990. The molecule has 2 fully saturated rings. The molecule has 2 amide bonds. The van der Waals surface area contributed by atoms with Crippen molar-refractivity contribution in [3.05, 3.63) is 36.2 Å². The van der Waals surface area contributed by atoms with E-state index in [1.807, 2.05) is 30.3 Å². The van der Waals surface area contributed by atoms with Crippen LogP contribution in [0, 0.1) is 0 Å². The van der Waals surface area contributed by atoms with Crippen molar-refractivity contribution in [1.29, 1.82) is 0 Å². The van der Waals surface area contributed by atoms with Crippen LogP contribution < -0.4 is 0 Å². The van der Waals surface area contributed by atoms with Gasteiger partial charge >= 0.3 is 16.4 Å². The number of urea groups is 1. The molecule has 0 aliphatic carbocycles. The van der Waals surface area contributed by atoms with E-state index in [-0.39, 0.29) is 12.4 Å². The summed E-state index contributed by atoms with van der Waals surface area (Å²) in [5.41, 5.74) is 0.763. The first kappa shape index (κ1) is 16.0. The molecule has 10 nitrogen and oxygen atoms in total. The first-order valence-electron chi connectivity index (χ1n) is 7.58. The predicted molar refractivity (Wildman–Crippen MR) is 82.1 cm³/mol. The Balaban J connectivity index is 1.57. The number of benzene rings is 1. The van der Waals surface area contributed by atoms with Gasteiger partial charge in [-0.05, 0) is 25.0 Å². The molecule has 4 rings (SSSR count). The van der Waals surface area contributed by atoms with Gasteiger partial charge in [0, 0.05) is 12.1 Å². The van der Waals surface area contributed by atoms with Gasteiger partial charge in [0.15, 0.2) is 0 Å². The fourth-order valence-corrected chi connectivity index (χ4v) is 3.54. The minimum atomic E-state index is -4.77. The Labute approximate surface area is 142 Å². The monoisotopic (exact) mass is 366 g/mol. The zero-order valence-electron chi connectivity index (χ0n) is 12.8. The zero-order valence-corrected chi connectivity index (χ0v) is 13.7. The van der Waals surface area contributed by atoms with Gasteiger partial charge in [0.05, 0.1) is 6.04 Å². The number of amides is 2. The highest BCUT2D eigenvalue weighted by atomic mass is 32.3. The van der Waals surface area contributed by atoms with E-state index in [4.69, 9.17) is 8.97 Å². The van der Waals surface area contributed by atoms with E-state index in [1.165, 1.54) is 4.90 Å². The molecule has 2 saturated heterocycles. The smallest absolute Gasteiger partial charge is 0.418 e. The summed E-state index contributed by atoms with van der Waals surface area (Å²) in [7, 11) is -4.77. The summed E-state index contributed by atoms with van der Waals surface area (Å²) >= 11 is 0. The standard InChI is InChI=1S/C14H14N4O6S/c19-14-17-8-10(18(14)24-25(20,21)22)6-7-11(17)13-16-15-12(23-13)9-4-2-1-3-5-9/h1-5,10-11H,6-8H2,(H,20,21,22)/t10-,11?/m1/s1. The Morgan fingerprint density at radius 3 is 2.68 bits per heavy atom. The molecule has 11 heteroatoms. The molecular weight excluding hydrogens is 352 g/mol. The number of carbonyl (C=O) groups excluding carboxylic acids is 1. The van der Waals surface area contributed by atoms with E-state index < -0.39 is 28.5 Å². The lowest BCUT2D eigenvalue weighted by Gasteiger charge is -2.27. The first-order valence-corrected chi connectivity index (χ1v) is 8.94. The van der Waals surface area contributed by atoms with Gasteiger partial charge in [-0.2, -0.15) is 13.5 Å². The van der Waals surface area contributed by atoms with Crippen LogP contribution in [0.25, 0.3) is 11.5 Å². The second-order valence-electron chi connectivity index (χ2n) is 5.82. The van der Waals surface area contributed by atoms with Gasteiger partial charge in [-0.1, -0.05) is 18.2 Å². The lowest BCUT2D eigenvalue weighted by molar-refractivity contribution is -0.0317. The Morgan fingerprint density at radius 2 is 1.96 bits per heavy atom. The average Bonchev–Trinajstić information content (AvgIpc) is 3.16. The number of nitrogens with zero attached hydrogens (tertiary/aromatic N) is 4. The molecule has 1 unspecified atom stereocenters. The Morgan fingerprint density at radius 1 is 1.20 bits per heavy atom. The number of piperidine rings is 1. The van der Waals surface area contributed by atoms with Crippen LogP contribution in [0.2, 0.25) is 0 Å². The lowest BCUT2D eigenvalue weighted by Crippen LogP contribution is -2.35. The van der Waals surface area contributed by atoms with Crippen molar-refractivity contribution in [3.8, 4) is 11.5 Å². The summed E-state index contributed by atoms with van der Waals surface area (Å²) in [5, 5.41) is 8.73. The molecule has 2 bridgehead atoms. The Bertz CT molecular complexity index is 899. The molecule has 3 heterocycles. The molecule has 1 N–H and O–H groups in total. The van der Waals surface area contributed by atoms with Crippen molar-refractivity contribution >= 4 is 16.4 Å². The van der Waals surface area contributed by atoms with Crippen molar-refractivity contribution in [1.82, 2.24) is 20.2 Å². The number of hydrogen-bond donors (Lipinski definition) is 1. The minimum Gasteiger partial charge on any atom is -0.418 e. The third-order valence-electron chi connectivity index (χ3n) is 4.24. The van der Waals surface area contributed by atoms with Gasteiger partial charge in [0.2, 0.25) is 11.8 Å². The number of carbonyl (C=O) groups is 1. The van der Waals surface area contributed by atoms with Crippen LogP contribution in [-0.2, 0) is 14.7 Å². The molecule has 2 aliphatic heterocycles. The lowest BCUT2D eigenvalue weighted by atomic mass is 10.0. The minimum absolute atomic E-state index is 0.252. The van der Waals surface area contributed by atoms with Crippen molar-refractivity contribution in [2.45, 2.75) is 24.9 Å². The summed E-state index contributed by atoms with van der Waals surface area (Å²) in [5.74, 6) is 0.620. The molecule has 1 aromatic heterocycles. The molecule has 132 valence electrons. The largest absolute Gasteiger partial charge is 0.418 e. The number of rotatable bonds is 4. The number of fused-ring (bicyclic) bond motifs is 2. The summed E-state index contributed by atoms with van der Waals surface area (Å²) in [6, 6.07) is 7.64. The van der Waals surface area contributed by atoms with Crippen LogP contribution in [0.3, 0.4) is 0 Å². The normalized spacial score (nSPS) is 23.3. The maximum atomic E-state index is 12.4. The van der Waals surface area contributed by atoms with Crippen LogP contribution in [0.5, 0.6) is 0 Å². The topological polar surface area (TPSA) is 126 Å². The van der Waals surface area contributed by atoms with E-state index in [9.17, 15) is 13.2 Å². The van der Waals surface area contributed by atoms with Crippen LogP contribution in [0.15, 0.2) is 34.7 Å². The summed E-state index contributed by atoms with van der Waals surface area (Å²) < 4.78 is 40.7. The van der Waals surface area contributed by atoms with Crippen molar-refractivity contribution < 1.29 is 26.5 Å². The second-order valence-corrected chi connectivity index (χ2v) is 6.83. The first-order chi connectivity index (χ1) is 11.9. The number of hydroxylamine groups is 2. The van der Waals surface area contributed by atoms with Crippen molar-refractivity contribution in [3.63, 3.8) is 0 Å². The molecule has 2 atom stereocenters. The number of hydrogen-bond acceptors (Lipinski definition) is 7.